The van der Waals surface area contributed by atoms with Crippen LogP contribution in [-0.2, 0) is 19.1 Å². The minimum absolute atomic E-state index is 0.169. The van der Waals surface area contributed by atoms with Gasteiger partial charge in [0.25, 0.3) is 0 Å². The van der Waals surface area contributed by atoms with Crippen LogP contribution in [-0.4, -0.2) is 92.1 Å². The summed E-state index contributed by atoms with van der Waals surface area (Å²) in [5.41, 5.74) is 0.169. The van der Waals surface area contributed by atoms with E-state index in [0.29, 0.717) is 17.7 Å². The predicted octanol–water partition coefficient (Wildman–Crippen LogP) is 2.01. The van der Waals surface area contributed by atoms with Crippen LogP contribution in [0.25, 0.3) is 0 Å². The number of halogens is 3. The number of carboxylic acids is 1. The van der Waals surface area contributed by atoms with Gasteiger partial charge >= 0.3 is 12.1 Å². The van der Waals surface area contributed by atoms with E-state index in [1.54, 1.807) is 0 Å². The number of carbonyl (C=O) groups is 2. The first kappa shape index (κ1) is 23.3. The van der Waals surface area contributed by atoms with E-state index >= 15 is 0 Å². The Labute approximate surface area is 174 Å². The maximum absolute atomic E-state index is 12.7. The van der Waals surface area contributed by atoms with E-state index in [9.17, 15) is 18.0 Å². The number of fused-ring (bicyclic) bond motifs is 1. The van der Waals surface area contributed by atoms with Gasteiger partial charge in [-0.2, -0.15) is 13.2 Å². The third-order valence-electron chi connectivity index (χ3n) is 6.70. The smallest absolute Gasteiger partial charge is 0.475 e. The van der Waals surface area contributed by atoms with E-state index in [2.05, 4.69) is 9.80 Å². The zero-order valence-electron chi connectivity index (χ0n) is 17.2. The van der Waals surface area contributed by atoms with E-state index in [-0.39, 0.29) is 5.41 Å². The number of ether oxygens (including phenoxy) is 2. The van der Waals surface area contributed by atoms with Crippen LogP contribution in [0.1, 0.15) is 32.1 Å². The van der Waals surface area contributed by atoms with Gasteiger partial charge < -0.3 is 19.5 Å². The third-order valence-corrected chi connectivity index (χ3v) is 6.70. The van der Waals surface area contributed by atoms with Crippen LogP contribution in [0.2, 0.25) is 0 Å². The lowest BCUT2D eigenvalue weighted by Gasteiger charge is -2.36. The molecule has 0 bridgehead atoms. The first-order valence-electron chi connectivity index (χ1n) is 10.7. The molecule has 1 saturated carbocycles. The van der Waals surface area contributed by atoms with Crippen LogP contribution < -0.4 is 0 Å². The van der Waals surface area contributed by atoms with Crippen molar-refractivity contribution in [2.75, 3.05) is 59.2 Å². The normalized spacial score (nSPS) is 30.1. The molecule has 1 N–H and O–H groups in total. The topological polar surface area (TPSA) is 79.3 Å². The lowest BCUT2D eigenvalue weighted by atomic mass is 9.80. The number of amides is 1. The molecule has 7 nitrogen and oxygen atoms in total. The van der Waals surface area contributed by atoms with Crippen molar-refractivity contribution in [3.63, 3.8) is 0 Å². The lowest BCUT2D eigenvalue weighted by molar-refractivity contribution is -0.192. The molecule has 3 saturated heterocycles. The number of rotatable bonds is 4. The third kappa shape index (κ3) is 5.85. The van der Waals surface area contributed by atoms with Gasteiger partial charge in [0.05, 0.1) is 26.4 Å². The van der Waals surface area contributed by atoms with Gasteiger partial charge in [-0.05, 0) is 18.8 Å². The van der Waals surface area contributed by atoms with Gasteiger partial charge in [0, 0.05) is 50.5 Å². The number of hydrogen-bond donors (Lipinski definition) is 1. The largest absolute Gasteiger partial charge is 0.490 e. The monoisotopic (exact) mass is 436 g/mol. The van der Waals surface area contributed by atoms with Crippen LogP contribution in [0, 0.1) is 17.3 Å². The molecule has 4 rings (SSSR count). The van der Waals surface area contributed by atoms with Crippen LogP contribution in [0.15, 0.2) is 0 Å². The summed E-state index contributed by atoms with van der Waals surface area (Å²) in [6.45, 7) is 8.25. The number of likely N-dealkylation sites (tertiary alicyclic amines) is 1. The van der Waals surface area contributed by atoms with E-state index < -0.39 is 12.1 Å². The van der Waals surface area contributed by atoms with Crippen molar-refractivity contribution in [2.45, 2.75) is 38.3 Å². The van der Waals surface area contributed by atoms with Gasteiger partial charge in [0.1, 0.15) is 0 Å². The van der Waals surface area contributed by atoms with Crippen molar-refractivity contribution < 1.29 is 37.3 Å². The van der Waals surface area contributed by atoms with E-state index in [1.165, 1.54) is 25.7 Å². The van der Waals surface area contributed by atoms with Crippen molar-refractivity contribution in [1.82, 2.24) is 9.80 Å². The second-order valence-corrected chi connectivity index (χ2v) is 8.89. The second-order valence-electron chi connectivity index (χ2n) is 8.89. The average molecular weight is 436 g/mol. The fourth-order valence-electron chi connectivity index (χ4n) is 5.04. The highest BCUT2D eigenvalue weighted by Gasteiger charge is 2.52. The summed E-state index contributed by atoms with van der Waals surface area (Å²) >= 11 is 0. The maximum atomic E-state index is 12.7. The first-order valence-corrected chi connectivity index (χ1v) is 10.7. The summed E-state index contributed by atoms with van der Waals surface area (Å²) in [4.78, 5) is 26.3. The molecular formula is C20H31F3N2O5. The molecule has 172 valence electrons. The van der Waals surface area contributed by atoms with Crippen LogP contribution >= 0.6 is 0 Å². The molecule has 1 amide bonds. The van der Waals surface area contributed by atoms with Crippen molar-refractivity contribution in [2.24, 2.45) is 17.3 Å². The van der Waals surface area contributed by atoms with E-state index in [4.69, 9.17) is 19.4 Å². The van der Waals surface area contributed by atoms with Crippen molar-refractivity contribution in [3.8, 4) is 0 Å². The van der Waals surface area contributed by atoms with Crippen molar-refractivity contribution >= 4 is 11.9 Å². The summed E-state index contributed by atoms with van der Waals surface area (Å²) in [5.74, 6) is -1.19. The molecule has 0 unspecified atom stereocenters. The fourth-order valence-corrected chi connectivity index (χ4v) is 5.04. The van der Waals surface area contributed by atoms with Gasteiger partial charge in [-0.25, -0.2) is 4.79 Å². The standard InChI is InChI=1S/C18H30N2O3.C2HF3O2/c21-17(9-15-3-1-2-4-15)20-10-16-11-23-14-18(16,13-20)12-19-5-7-22-8-6-19;3-2(4,5)1(6)7/h15-16H,1-14H2;(H,6,7)/t16-,18+;/m1./s1. The number of hydrogen-bond acceptors (Lipinski definition) is 5. The Balaban J connectivity index is 0.000000318. The Bertz CT molecular complexity index is 606. The molecule has 3 heterocycles. The maximum Gasteiger partial charge on any atom is 0.490 e. The number of alkyl halides is 3. The number of aliphatic carboxylic acids is 1. The molecule has 3 aliphatic heterocycles. The molecule has 4 fully saturated rings. The number of nitrogens with zero attached hydrogens (tertiary/aromatic N) is 2. The highest BCUT2D eigenvalue weighted by molar-refractivity contribution is 5.77. The SMILES string of the molecule is O=C(CC1CCCC1)N1C[C@@H]2COC[C@]2(CN2CCOCC2)C1.O=C(O)C(F)(F)F. The number of carbonyl (C=O) groups excluding carboxylic acids is 1. The summed E-state index contributed by atoms with van der Waals surface area (Å²) < 4.78 is 43.0. The van der Waals surface area contributed by atoms with E-state index in [0.717, 1.165) is 65.6 Å². The Morgan fingerprint density at radius 3 is 2.33 bits per heavy atom. The molecule has 0 aromatic carbocycles. The first-order chi connectivity index (χ1) is 14.2. The summed E-state index contributed by atoms with van der Waals surface area (Å²) in [6, 6.07) is 0. The average Bonchev–Trinajstić information content (AvgIpc) is 3.38. The molecule has 0 aromatic rings. The van der Waals surface area contributed by atoms with Crippen molar-refractivity contribution in [3.05, 3.63) is 0 Å². The molecule has 0 spiro atoms. The number of morpholine rings is 1. The second kappa shape index (κ2) is 9.82. The Hall–Kier alpha value is -1.39. The van der Waals surface area contributed by atoms with Crippen LogP contribution in [0.3, 0.4) is 0 Å². The lowest BCUT2D eigenvalue weighted by Crippen LogP contribution is -2.47. The quantitative estimate of drug-likeness (QED) is 0.727. The molecule has 0 radical (unpaired) electrons. The summed E-state index contributed by atoms with van der Waals surface area (Å²) in [6.07, 6.45) is 0.835. The highest BCUT2D eigenvalue weighted by Crippen LogP contribution is 2.42. The van der Waals surface area contributed by atoms with Gasteiger partial charge in [0.15, 0.2) is 0 Å². The minimum Gasteiger partial charge on any atom is -0.475 e. The molecule has 4 aliphatic rings. The molecular weight excluding hydrogens is 405 g/mol. The van der Waals surface area contributed by atoms with Gasteiger partial charge in [-0.3, -0.25) is 9.69 Å². The highest BCUT2D eigenvalue weighted by atomic mass is 19.4. The summed E-state index contributed by atoms with van der Waals surface area (Å²) in [7, 11) is 0. The van der Waals surface area contributed by atoms with Crippen LogP contribution in [0.4, 0.5) is 13.2 Å². The molecule has 30 heavy (non-hydrogen) atoms. The number of carboxylic acid groups (broad SMARTS) is 1. The molecule has 10 heteroatoms. The zero-order chi connectivity index (χ0) is 21.8. The molecule has 0 aromatic heterocycles. The van der Waals surface area contributed by atoms with Gasteiger partial charge in [0.2, 0.25) is 5.91 Å². The van der Waals surface area contributed by atoms with E-state index in [1.807, 2.05) is 0 Å². The van der Waals surface area contributed by atoms with Crippen LogP contribution in [0.5, 0.6) is 0 Å². The molecule has 2 atom stereocenters. The summed E-state index contributed by atoms with van der Waals surface area (Å²) in [5, 5.41) is 7.12. The fraction of sp³-hybridized carbons (Fsp3) is 0.900. The van der Waals surface area contributed by atoms with Crippen molar-refractivity contribution in [1.29, 1.82) is 0 Å². The Morgan fingerprint density at radius 2 is 1.73 bits per heavy atom. The Morgan fingerprint density at radius 1 is 1.10 bits per heavy atom. The van der Waals surface area contributed by atoms with Gasteiger partial charge in [-0.1, -0.05) is 12.8 Å². The van der Waals surface area contributed by atoms with Gasteiger partial charge in [-0.15, -0.1) is 0 Å². The minimum atomic E-state index is -5.08. The molecule has 1 aliphatic carbocycles. The Kier molecular flexibility index (Phi) is 7.62. The predicted molar refractivity (Wildman–Crippen MR) is 101 cm³/mol. The zero-order valence-corrected chi connectivity index (χ0v) is 17.2.